The predicted molar refractivity (Wildman–Crippen MR) is 111 cm³/mol. The molecule has 7 nitrogen and oxygen atoms in total. The van der Waals surface area contributed by atoms with E-state index < -0.39 is 0 Å². The molecule has 1 aliphatic rings. The number of nitrogens with zero attached hydrogens (tertiary/aromatic N) is 3. The van der Waals surface area contributed by atoms with Gasteiger partial charge in [0.1, 0.15) is 5.75 Å². The second-order valence-electron chi connectivity index (χ2n) is 6.45. The molecule has 27 heavy (non-hydrogen) atoms. The summed E-state index contributed by atoms with van der Waals surface area (Å²) < 4.78 is 5.40. The Kier molecular flexibility index (Phi) is 6.18. The molecule has 2 aromatic rings. The molecule has 0 aliphatic heterocycles. The lowest BCUT2D eigenvalue weighted by atomic mass is 10.2. The fourth-order valence-corrected chi connectivity index (χ4v) is 2.82. The lowest BCUT2D eigenvalue weighted by molar-refractivity contribution is 0.410. The molecule has 1 fully saturated rings. The van der Waals surface area contributed by atoms with Crippen LogP contribution in [0.25, 0.3) is 0 Å². The van der Waals surface area contributed by atoms with E-state index in [4.69, 9.17) is 17.0 Å². The van der Waals surface area contributed by atoms with Crippen molar-refractivity contribution >= 4 is 29.2 Å². The predicted octanol–water partition coefficient (Wildman–Crippen LogP) is 2.70. The molecule has 142 valence electrons. The Labute approximate surface area is 164 Å². The van der Waals surface area contributed by atoms with Gasteiger partial charge in [0.05, 0.1) is 13.7 Å². The Morgan fingerprint density at radius 1 is 1.22 bits per heavy atom. The Morgan fingerprint density at radius 3 is 2.59 bits per heavy atom. The number of hydrogen-bond donors (Lipinski definition) is 3. The molecule has 0 bridgehead atoms. The quantitative estimate of drug-likeness (QED) is 0.415. The van der Waals surface area contributed by atoms with Gasteiger partial charge >= 0.3 is 0 Å². The molecular formula is C19H24N6OS. The summed E-state index contributed by atoms with van der Waals surface area (Å²) in [6, 6.07) is 10.2. The van der Waals surface area contributed by atoms with Crippen molar-refractivity contribution in [2.24, 2.45) is 4.99 Å². The number of anilines is 1. The van der Waals surface area contributed by atoms with Crippen molar-refractivity contribution in [1.82, 2.24) is 20.6 Å². The highest BCUT2D eigenvalue weighted by molar-refractivity contribution is 7.80. The lowest BCUT2D eigenvalue weighted by Gasteiger charge is -2.14. The van der Waals surface area contributed by atoms with Crippen LogP contribution in [0.2, 0.25) is 0 Å². The summed E-state index contributed by atoms with van der Waals surface area (Å²) >= 11 is 5.39. The molecule has 0 saturated heterocycles. The van der Waals surface area contributed by atoms with Crippen LogP contribution in [0.4, 0.5) is 5.95 Å². The fourth-order valence-electron chi connectivity index (χ4n) is 2.55. The monoisotopic (exact) mass is 384 g/mol. The third-order valence-corrected chi connectivity index (χ3v) is 4.18. The van der Waals surface area contributed by atoms with Crippen molar-refractivity contribution in [3.63, 3.8) is 0 Å². The first-order valence-electron chi connectivity index (χ1n) is 8.86. The summed E-state index contributed by atoms with van der Waals surface area (Å²) in [6.45, 7) is 4.28. The first-order valence-corrected chi connectivity index (χ1v) is 9.27. The molecule has 1 heterocycles. The minimum atomic E-state index is 0.427. The topological polar surface area (TPSA) is 83.5 Å². The van der Waals surface area contributed by atoms with Crippen molar-refractivity contribution in [2.75, 3.05) is 12.4 Å². The number of methoxy groups -OCH3 is 1. The maximum atomic E-state index is 5.40. The van der Waals surface area contributed by atoms with Crippen molar-refractivity contribution in [1.29, 1.82) is 0 Å². The van der Waals surface area contributed by atoms with E-state index in [2.05, 4.69) is 30.9 Å². The standard InChI is InChI=1S/C19H24N6OS/c1-12-10-13(2)22-18(21-12)24-17(25-19(27)23-15-8-9-15)20-11-14-6-4-5-7-16(14)26-3/h4-7,10,15H,8-9,11H2,1-3H3,(H3,20,21,22,23,24,25,27). The van der Waals surface area contributed by atoms with E-state index in [-0.39, 0.29) is 0 Å². The second kappa shape index (κ2) is 8.77. The molecule has 0 radical (unpaired) electrons. The van der Waals surface area contributed by atoms with Crippen LogP contribution in [0.15, 0.2) is 35.3 Å². The summed E-state index contributed by atoms with van der Waals surface area (Å²) in [4.78, 5) is 13.5. The van der Waals surface area contributed by atoms with E-state index in [1.807, 2.05) is 44.2 Å². The normalized spacial score (nSPS) is 13.8. The maximum Gasteiger partial charge on any atom is 0.229 e. The molecule has 1 saturated carbocycles. The third kappa shape index (κ3) is 5.89. The number of aryl methyl sites for hydroxylation is 2. The molecule has 3 rings (SSSR count). The Bertz CT molecular complexity index is 830. The zero-order chi connectivity index (χ0) is 19.2. The molecule has 0 unspecified atom stereocenters. The lowest BCUT2D eigenvalue weighted by Crippen LogP contribution is -2.43. The molecule has 1 aromatic carbocycles. The highest BCUT2D eigenvalue weighted by Gasteiger charge is 2.22. The van der Waals surface area contributed by atoms with Gasteiger partial charge in [-0.15, -0.1) is 0 Å². The molecule has 8 heteroatoms. The van der Waals surface area contributed by atoms with Crippen molar-refractivity contribution in [3.05, 3.63) is 47.3 Å². The molecule has 0 atom stereocenters. The first-order chi connectivity index (χ1) is 13.0. The largest absolute Gasteiger partial charge is 0.496 e. The van der Waals surface area contributed by atoms with Gasteiger partial charge in [0.25, 0.3) is 0 Å². The van der Waals surface area contributed by atoms with Crippen LogP contribution >= 0.6 is 12.2 Å². The second-order valence-corrected chi connectivity index (χ2v) is 6.86. The van der Waals surface area contributed by atoms with Crippen molar-refractivity contribution < 1.29 is 4.74 Å². The fraction of sp³-hybridized carbons (Fsp3) is 0.368. The molecule has 1 aromatic heterocycles. The number of aromatic nitrogens is 2. The summed E-state index contributed by atoms with van der Waals surface area (Å²) in [6.07, 6.45) is 2.28. The number of benzene rings is 1. The van der Waals surface area contributed by atoms with Crippen molar-refractivity contribution in [2.45, 2.75) is 39.3 Å². The summed E-state index contributed by atoms with van der Waals surface area (Å²) in [5, 5.41) is 10.0. The number of rotatable bonds is 5. The molecular weight excluding hydrogens is 360 g/mol. The van der Waals surface area contributed by atoms with Gasteiger partial charge in [0.15, 0.2) is 5.11 Å². The summed E-state index contributed by atoms with van der Waals surface area (Å²) in [5.41, 5.74) is 2.74. The smallest absolute Gasteiger partial charge is 0.229 e. The van der Waals surface area contributed by atoms with Crippen LogP contribution in [-0.4, -0.2) is 34.2 Å². The van der Waals surface area contributed by atoms with E-state index in [1.54, 1.807) is 7.11 Å². The third-order valence-electron chi connectivity index (χ3n) is 3.96. The van der Waals surface area contributed by atoms with Gasteiger partial charge in [-0.05, 0) is 51.0 Å². The van der Waals surface area contributed by atoms with Crippen LogP contribution < -0.4 is 20.7 Å². The summed E-state index contributed by atoms with van der Waals surface area (Å²) in [5.74, 6) is 1.76. The van der Waals surface area contributed by atoms with Gasteiger partial charge in [-0.25, -0.2) is 15.0 Å². The van der Waals surface area contributed by atoms with E-state index in [9.17, 15) is 0 Å². The van der Waals surface area contributed by atoms with Crippen LogP contribution in [0.5, 0.6) is 5.75 Å². The van der Waals surface area contributed by atoms with Crippen molar-refractivity contribution in [3.8, 4) is 5.75 Å². The van der Waals surface area contributed by atoms with Gasteiger partial charge in [0.2, 0.25) is 11.9 Å². The minimum Gasteiger partial charge on any atom is -0.496 e. The van der Waals surface area contributed by atoms with Gasteiger partial charge < -0.3 is 15.4 Å². The zero-order valence-electron chi connectivity index (χ0n) is 15.7. The number of aliphatic imine (C=N–C) groups is 1. The van der Waals surface area contributed by atoms with Crippen LogP contribution in [0.1, 0.15) is 29.8 Å². The van der Waals surface area contributed by atoms with Crippen LogP contribution in [0.3, 0.4) is 0 Å². The highest BCUT2D eigenvalue weighted by Crippen LogP contribution is 2.19. The van der Waals surface area contributed by atoms with Gasteiger partial charge in [0, 0.05) is 23.0 Å². The number of thiocarbonyl (C=S) groups is 1. The van der Waals surface area contributed by atoms with Gasteiger partial charge in [-0.2, -0.15) is 0 Å². The maximum absolute atomic E-state index is 5.40. The number of nitrogens with one attached hydrogen (secondary N) is 3. The van der Waals surface area contributed by atoms with E-state index in [1.165, 1.54) is 0 Å². The molecule has 0 spiro atoms. The molecule has 1 aliphatic carbocycles. The highest BCUT2D eigenvalue weighted by atomic mass is 32.1. The minimum absolute atomic E-state index is 0.427. The number of guanidine groups is 1. The average Bonchev–Trinajstić information content (AvgIpc) is 3.42. The first kappa shape index (κ1) is 19.0. The van der Waals surface area contributed by atoms with E-state index in [0.29, 0.717) is 29.6 Å². The van der Waals surface area contributed by atoms with Crippen LogP contribution in [-0.2, 0) is 6.54 Å². The summed E-state index contributed by atoms with van der Waals surface area (Å²) in [7, 11) is 1.65. The Morgan fingerprint density at radius 2 is 1.93 bits per heavy atom. The number of ether oxygens (including phenoxy) is 1. The van der Waals surface area contributed by atoms with E-state index in [0.717, 1.165) is 35.5 Å². The SMILES string of the molecule is COc1ccccc1CN=C(NC(=S)NC1CC1)Nc1nc(C)cc(C)n1. The van der Waals surface area contributed by atoms with Crippen LogP contribution in [0, 0.1) is 13.8 Å². The number of para-hydroxylation sites is 1. The average molecular weight is 385 g/mol. The van der Waals surface area contributed by atoms with Gasteiger partial charge in [-0.1, -0.05) is 18.2 Å². The molecule has 0 amide bonds. The van der Waals surface area contributed by atoms with Gasteiger partial charge in [-0.3, -0.25) is 5.32 Å². The Balaban J connectivity index is 1.78. The zero-order valence-corrected chi connectivity index (χ0v) is 16.6. The number of hydrogen-bond acceptors (Lipinski definition) is 5. The Hall–Kier alpha value is -2.74. The van der Waals surface area contributed by atoms with E-state index >= 15 is 0 Å². The molecule has 3 N–H and O–H groups in total.